The van der Waals surface area contributed by atoms with Crippen LogP contribution in [0, 0.1) is 0 Å². The lowest BCUT2D eigenvalue weighted by atomic mass is 9.95. The normalized spacial score (nSPS) is 18.4. The monoisotopic (exact) mass is 259 g/mol. The molecule has 1 fully saturated rings. The summed E-state index contributed by atoms with van der Waals surface area (Å²) in [7, 11) is 0. The van der Waals surface area contributed by atoms with Crippen LogP contribution in [-0.2, 0) is 16.0 Å². The molecule has 2 aliphatic carbocycles. The van der Waals surface area contributed by atoms with Crippen LogP contribution < -0.4 is 0 Å². The topological polar surface area (TPSA) is 64.1 Å². The summed E-state index contributed by atoms with van der Waals surface area (Å²) in [4.78, 5) is 36.3. The van der Waals surface area contributed by atoms with Gasteiger partial charge in [0.1, 0.15) is 11.6 Å². The van der Waals surface area contributed by atoms with E-state index in [1.54, 1.807) is 6.20 Å². The van der Waals surface area contributed by atoms with Crippen molar-refractivity contribution in [2.45, 2.75) is 44.9 Å². The molecule has 0 saturated heterocycles. The molecule has 1 heterocycles. The molecule has 2 aliphatic rings. The molecular formula is C15H17NO3. The lowest BCUT2D eigenvalue weighted by Gasteiger charge is -2.11. The molecular weight excluding hydrogens is 242 g/mol. The van der Waals surface area contributed by atoms with Crippen molar-refractivity contribution < 1.29 is 14.4 Å². The molecule has 1 saturated carbocycles. The van der Waals surface area contributed by atoms with Gasteiger partial charge in [-0.2, -0.15) is 0 Å². The number of carbonyl (C=O) groups is 3. The van der Waals surface area contributed by atoms with Gasteiger partial charge < -0.3 is 0 Å². The van der Waals surface area contributed by atoms with E-state index in [4.69, 9.17) is 0 Å². The van der Waals surface area contributed by atoms with Crippen LogP contribution in [0.25, 0.3) is 0 Å². The number of hydrogen-bond acceptors (Lipinski definition) is 4. The van der Waals surface area contributed by atoms with Gasteiger partial charge in [-0.1, -0.05) is 0 Å². The molecule has 4 heteroatoms. The second-order valence-corrected chi connectivity index (χ2v) is 4.88. The van der Waals surface area contributed by atoms with E-state index in [2.05, 4.69) is 4.98 Å². The Hall–Kier alpha value is -1.84. The summed E-state index contributed by atoms with van der Waals surface area (Å²) in [5.41, 5.74) is 1.81. The fourth-order valence-corrected chi connectivity index (χ4v) is 2.32. The Labute approximate surface area is 112 Å². The summed E-state index contributed by atoms with van der Waals surface area (Å²) in [6.45, 7) is 0. The number of nitrogens with zero attached hydrogens (tertiary/aromatic N) is 1. The maximum absolute atomic E-state index is 11.2. The van der Waals surface area contributed by atoms with Crippen LogP contribution in [0.3, 0.4) is 0 Å². The number of aryl methyl sites for hydroxylation is 1. The van der Waals surface area contributed by atoms with E-state index in [1.165, 1.54) is 0 Å². The number of carbonyl (C=O) groups excluding carboxylic acids is 3. The van der Waals surface area contributed by atoms with Crippen molar-refractivity contribution in [2.24, 2.45) is 0 Å². The molecule has 100 valence electrons. The smallest absolute Gasteiger partial charge is 0.164 e. The van der Waals surface area contributed by atoms with Gasteiger partial charge in [0.2, 0.25) is 0 Å². The number of pyridine rings is 1. The first-order chi connectivity index (χ1) is 9.16. The van der Waals surface area contributed by atoms with E-state index < -0.39 is 0 Å². The molecule has 3 rings (SSSR count). The van der Waals surface area contributed by atoms with Gasteiger partial charge in [-0.05, 0) is 31.4 Å². The summed E-state index contributed by atoms with van der Waals surface area (Å²) in [6.07, 6.45) is 6.57. The number of aromatic nitrogens is 1. The summed E-state index contributed by atoms with van der Waals surface area (Å²) in [5, 5.41) is 0. The highest BCUT2D eigenvalue weighted by molar-refractivity contribution is 6.01. The van der Waals surface area contributed by atoms with Gasteiger partial charge in [-0.15, -0.1) is 0 Å². The van der Waals surface area contributed by atoms with Crippen molar-refractivity contribution >= 4 is 17.3 Å². The summed E-state index contributed by atoms with van der Waals surface area (Å²) in [5.74, 6) is 0.474. The van der Waals surface area contributed by atoms with E-state index in [0.717, 1.165) is 30.5 Å². The first-order valence-electron chi connectivity index (χ1n) is 6.67. The minimum atomic E-state index is 0.112. The quantitative estimate of drug-likeness (QED) is 0.671. The van der Waals surface area contributed by atoms with E-state index in [0.29, 0.717) is 19.3 Å². The molecule has 0 amide bonds. The molecule has 0 aromatic carbocycles. The Morgan fingerprint density at radius 1 is 0.895 bits per heavy atom. The maximum atomic E-state index is 11.2. The number of fused-ring (bicyclic) bond motifs is 1. The van der Waals surface area contributed by atoms with Crippen LogP contribution in [0.5, 0.6) is 0 Å². The van der Waals surface area contributed by atoms with Gasteiger partial charge in [0.25, 0.3) is 0 Å². The standard InChI is InChI=1S/C9H9NO.C6H8O2/c11-9-5-1-4-8-7(9)3-2-6-10-8;7-5-2-1-3-6(8)4-5/h2-3,6H,1,4-5H2;1-4H2. The SMILES string of the molecule is O=C1CCCC(=O)C1.O=C1CCCc2ncccc21. The molecule has 19 heavy (non-hydrogen) atoms. The highest BCUT2D eigenvalue weighted by atomic mass is 16.1. The van der Waals surface area contributed by atoms with E-state index >= 15 is 0 Å². The second-order valence-electron chi connectivity index (χ2n) is 4.88. The van der Waals surface area contributed by atoms with E-state index in [1.807, 2.05) is 12.1 Å². The van der Waals surface area contributed by atoms with E-state index in [9.17, 15) is 14.4 Å². The fourth-order valence-electron chi connectivity index (χ4n) is 2.32. The molecule has 1 aromatic rings. The number of ketones is 3. The maximum Gasteiger partial charge on any atom is 0.164 e. The minimum Gasteiger partial charge on any atom is -0.299 e. The average Bonchev–Trinajstić information content (AvgIpc) is 2.40. The van der Waals surface area contributed by atoms with Crippen molar-refractivity contribution in [3.63, 3.8) is 0 Å². The Morgan fingerprint density at radius 2 is 1.58 bits per heavy atom. The van der Waals surface area contributed by atoms with Gasteiger partial charge in [0, 0.05) is 31.0 Å². The highest BCUT2D eigenvalue weighted by Crippen LogP contribution is 2.17. The lowest BCUT2D eigenvalue weighted by Crippen LogP contribution is -2.13. The van der Waals surface area contributed by atoms with Crippen molar-refractivity contribution in [2.75, 3.05) is 0 Å². The predicted molar refractivity (Wildman–Crippen MR) is 70.0 cm³/mol. The molecule has 0 aliphatic heterocycles. The zero-order valence-corrected chi connectivity index (χ0v) is 10.9. The molecule has 4 nitrogen and oxygen atoms in total. The zero-order chi connectivity index (χ0) is 13.7. The third kappa shape index (κ3) is 3.81. The predicted octanol–water partition coefficient (Wildman–Crippen LogP) is 2.30. The lowest BCUT2D eigenvalue weighted by molar-refractivity contribution is -0.129. The first kappa shape index (κ1) is 13.6. The largest absolute Gasteiger partial charge is 0.299 e. The van der Waals surface area contributed by atoms with Crippen molar-refractivity contribution in [3.05, 3.63) is 29.6 Å². The van der Waals surface area contributed by atoms with Crippen molar-refractivity contribution in [1.29, 1.82) is 0 Å². The van der Waals surface area contributed by atoms with Crippen LogP contribution in [0.15, 0.2) is 18.3 Å². The van der Waals surface area contributed by atoms with Gasteiger partial charge in [0.05, 0.1) is 12.1 Å². The number of Topliss-reactive ketones (excluding diaryl/α,β-unsaturated/α-hetero) is 3. The zero-order valence-electron chi connectivity index (χ0n) is 10.9. The van der Waals surface area contributed by atoms with Crippen molar-refractivity contribution in [1.82, 2.24) is 4.98 Å². The molecule has 0 atom stereocenters. The highest BCUT2D eigenvalue weighted by Gasteiger charge is 2.16. The molecule has 0 spiro atoms. The van der Waals surface area contributed by atoms with Gasteiger partial charge >= 0.3 is 0 Å². The third-order valence-corrected chi connectivity index (χ3v) is 3.31. The molecule has 0 radical (unpaired) electrons. The van der Waals surface area contributed by atoms with Gasteiger partial charge in [-0.3, -0.25) is 19.4 Å². The number of rotatable bonds is 0. The van der Waals surface area contributed by atoms with Crippen LogP contribution in [0.1, 0.15) is 54.6 Å². The van der Waals surface area contributed by atoms with Crippen LogP contribution in [0.4, 0.5) is 0 Å². The Balaban J connectivity index is 0.000000148. The summed E-state index contributed by atoms with van der Waals surface area (Å²) < 4.78 is 0. The Kier molecular flexibility index (Phi) is 4.55. The van der Waals surface area contributed by atoms with Gasteiger partial charge in [0.15, 0.2) is 5.78 Å². The average molecular weight is 259 g/mol. The van der Waals surface area contributed by atoms with E-state index in [-0.39, 0.29) is 23.8 Å². The molecule has 0 bridgehead atoms. The summed E-state index contributed by atoms with van der Waals surface area (Å²) >= 11 is 0. The summed E-state index contributed by atoms with van der Waals surface area (Å²) in [6, 6.07) is 3.69. The van der Waals surface area contributed by atoms with Crippen LogP contribution in [0.2, 0.25) is 0 Å². The first-order valence-corrected chi connectivity index (χ1v) is 6.67. The van der Waals surface area contributed by atoms with Crippen LogP contribution >= 0.6 is 0 Å². The Bertz CT molecular complexity index is 494. The Morgan fingerprint density at radius 3 is 2.16 bits per heavy atom. The third-order valence-electron chi connectivity index (χ3n) is 3.31. The van der Waals surface area contributed by atoms with Crippen molar-refractivity contribution in [3.8, 4) is 0 Å². The molecule has 0 unspecified atom stereocenters. The molecule has 1 aromatic heterocycles. The minimum absolute atomic E-state index is 0.112. The van der Waals surface area contributed by atoms with Crippen LogP contribution in [-0.4, -0.2) is 22.3 Å². The number of hydrogen-bond donors (Lipinski definition) is 0. The van der Waals surface area contributed by atoms with Gasteiger partial charge in [-0.25, -0.2) is 0 Å². The fraction of sp³-hybridized carbons (Fsp3) is 0.467. The second kappa shape index (κ2) is 6.36. The molecule has 0 N–H and O–H groups in total.